The molecule has 0 spiro atoms. The summed E-state index contributed by atoms with van der Waals surface area (Å²) >= 11 is 1.50. The van der Waals surface area contributed by atoms with Crippen LogP contribution in [-0.2, 0) is 0 Å². The Bertz CT molecular complexity index is 784. The van der Waals surface area contributed by atoms with Crippen LogP contribution in [0.25, 0.3) is 20.8 Å². The predicted molar refractivity (Wildman–Crippen MR) is 86.1 cm³/mol. The summed E-state index contributed by atoms with van der Waals surface area (Å²) in [6.45, 7) is 0. The minimum atomic E-state index is -0.144. The van der Waals surface area contributed by atoms with Gasteiger partial charge in [-0.05, 0) is 35.8 Å². The van der Waals surface area contributed by atoms with E-state index in [0.717, 1.165) is 21.0 Å². The van der Waals surface area contributed by atoms with Crippen molar-refractivity contribution in [2.45, 2.75) is 0 Å². The van der Waals surface area contributed by atoms with Gasteiger partial charge in [0.25, 0.3) is 0 Å². The molecule has 2 aromatic carbocycles. The number of fused-ring (bicyclic) bond motifs is 1. The van der Waals surface area contributed by atoms with Crippen molar-refractivity contribution in [3.05, 3.63) is 30.3 Å². The number of benzene rings is 2. The van der Waals surface area contributed by atoms with E-state index in [4.69, 9.17) is 0 Å². The Kier molecular flexibility index (Phi) is 3.02. The fraction of sp³-hybridized carbons (Fsp3) is 0.0714. The molecule has 0 amide bonds. The van der Waals surface area contributed by atoms with Gasteiger partial charge in [0.2, 0.25) is 0 Å². The monoisotopic (exact) mass is 284 g/mol. The summed E-state index contributed by atoms with van der Waals surface area (Å²) in [7, 11) is 3.63. The number of phenolic OH excluding ortho intramolecular Hbond substituents is 2. The van der Waals surface area contributed by atoms with Crippen molar-refractivity contribution in [2.75, 3.05) is 12.4 Å². The van der Waals surface area contributed by atoms with E-state index in [0.29, 0.717) is 11.0 Å². The molecule has 0 bridgehead atoms. The van der Waals surface area contributed by atoms with Crippen LogP contribution < -0.4 is 10.8 Å². The van der Waals surface area contributed by atoms with Gasteiger partial charge in [0.15, 0.2) is 11.5 Å². The van der Waals surface area contributed by atoms with Gasteiger partial charge < -0.3 is 15.5 Å². The fourth-order valence-electron chi connectivity index (χ4n) is 2.07. The lowest BCUT2D eigenvalue weighted by atomic mass is 9.94. The van der Waals surface area contributed by atoms with Crippen molar-refractivity contribution in [1.29, 1.82) is 0 Å². The molecule has 0 saturated heterocycles. The molecule has 100 valence electrons. The van der Waals surface area contributed by atoms with E-state index in [1.165, 1.54) is 11.3 Å². The highest BCUT2D eigenvalue weighted by atomic mass is 32.1. The highest BCUT2D eigenvalue weighted by Gasteiger charge is 2.14. The number of phenols is 2. The molecule has 0 fully saturated rings. The lowest BCUT2D eigenvalue weighted by molar-refractivity contribution is 0.410. The van der Waals surface area contributed by atoms with Crippen LogP contribution in [0.15, 0.2) is 30.3 Å². The van der Waals surface area contributed by atoms with Crippen LogP contribution in [0.1, 0.15) is 0 Å². The minimum Gasteiger partial charge on any atom is -0.505 e. The zero-order chi connectivity index (χ0) is 14.3. The molecule has 1 aromatic heterocycles. The van der Waals surface area contributed by atoms with E-state index in [-0.39, 0.29) is 11.5 Å². The first-order chi connectivity index (χ1) is 9.60. The van der Waals surface area contributed by atoms with Crippen LogP contribution >= 0.6 is 11.3 Å². The minimum absolute atomic E-state index is 0.0973. The molecule has 0 radical (unpaired) electrons. The average molecular weight is 284 g/mol. The quantitative estimate of drug-likeness (QED) is 0.495. The first-order valence-electron chi connectivity index (χ1n) is 6.20. The Morgan fingerprint density at radius 2 is 1.85 bits per heavy atom. The normalized spacial score (nSPS) is 10.8. The molecule has 0 atom stereocenters. The van der Waals surface area contributed by atoms with Gasteiger partial charge in [-0.1, -0.05) is 0 Å². The van der Waals surface area contributed by atoms with E-state index < -0.39 is 0 Å². The maximum Gasteiger partial charge on any atom is 0.184 e. The fourth-order valence-corrected chi connectivity index (χ4v) is 3.14. The predicted octanol–water partition coefficient (Wildman–Crippen LogP) is 1.67. The van der Waals surface area contributed by atoms with E-state index in [1.807, 2.05) is 37.4 Å². The SMILES string of the molecule is Bc1cc2sc(-c3ccc(NC)cc3)nc2c(O)c1O. The van der Waals surface area contributed by atoms with Crippen LogP contribution in [0.3, 0.4) is 0 Å². The molecule has 20 heavy (non-hydrogen) atoms. The molecule has 3 aromatic rings. The summed E-state index contributed by atoms with van der Waals surface area (Å²) in [5.74, 6) is -0.241. The van der Waals surface area contributed by atoms with Crippen LogP contribution in [0.2, 0.25) is 0 Å². The van der Waals surface area contributed by atoms with Gasteiger partial charge >= 0.3 is 0 Å². The second-order valence-corrected chi connectivity index (χ2v) is 5.61. The van der Waals surface area contributed by atoms with Crippen molar-refractivity contribution in [1.82, 2.24) is 4.98 Å². The molecule has 0 aliphatic rings. The summed E-state index contributed by atoms with van der Waals surface area (Å²) in [6, 6.07) is 9.75. The Morgan fingerprint density at radius 3 is 2.50 bits per heavy atom. The van der Waals surface area contributed by atoms with Crippen LogP contribution in [0.4, 0.5) is 5.69 Å². The zero-order valence-electron chi connectivity index (χ0n) is 11.1. The average Bonchev–Trinajstić information content (AvgIpc) is 2.89. The van der Waals surface area contributed by atoms with Gasteiger partial charge in [-0.3, -0.25) is 0 Å². The number of anilines is 1. The third-order valence-electron chi connectivity index (χ3n) is 3.24. The van der Waals surface area contributed by atoms with Crippen molar-refractivity contribution in [3.63, 3.8) is 0 Å². The zero-order valence-corrected chi connectivity index (χ0v) is 12.0. The van der Waals surface area contributed by atoms with Crippen molar-refractivity contribution >= 4 is 40.5 Å². The summed E-state index contributed by atoms with van der Waals surface area (Å²) in [5, 5.41) is 23.6. The summed E-state index contributed by atoms with van der Waals surface area (Å²) in [5.41, 5.74) is 3.12. The number of nitrogens with one attached hydrogen (secondary N) is 1. The Labute approximate surface area is 121 Å². The van der Waals surface area contributed by atoms with Gasteiger partial charge in [-0.15, -0.1) is 11.3 Å². The number of aromatic nitrogens is 1. The first-order valence-corrected chi connectivity index (χ1v) is 7.02. The molecule has 1 heterocycles. The molecule has 0 aliphatic heterocycles. The standard InChI is InChI=1S/C14H13BN2O2S/c1-16-8-4-2-7(3-5-8)14-17-11-10(20-14)6-9(15)12(18)13(11)19/h2-6,16,18-19H,15H2,1H3. The van der Waals surface area contributed by atoms with Gasteiger partial charge in [-0.2, -0.15) is 0 Å². The third-order valence-corrected chi connectivity index (χ3v) is 4.30. The van der Waals surface area contributed by atoms with Crippen LogP contribution in [-0.4, -0.2) is 30.1 Å². The molecular formula is C14H13BN2O2S. The number of rotatable bonds is 2. The second-order valence-electron chi connectivity index (χ2n) is 4.58. The molecule has 0 unspecified atom stereocenters. The maximum absolute atomic E-state index is 9.97. The number of hydrogen-bond acceptors (Lipinski definition) is 5. The maximum atomic E-state index is 9.97. The van der Waals surface area contributed by atoms with E-state index in [2.05, 4.69) is 10.3 Å². The summed E-state index contributed by atoms with van der Waals surface area (Å²) in [4.78, 5) is 4.43. The lowest BCUT2D eigenvalue weighted by Crippen LogP contribution is -2.01. The molecule has 0 saturated carbocycles. The molecule has 3 N–H and O–H groups in total. The van der Waals surface area contributed by atoms with E-state index in [9.17, 15) is 10.2 Å². The molecule has 3 rings (SSSR count). The number of hydrogen-bond donors (Lipinski definition) is 3. The largest absolute Gasteiger partial charge is 0.505 e. The highest BCUT2D eigenvalue weighted by molar-refractivity contribution is 7.21. The van der Waals surface area contributed by atoms with Crippen molar-refractivity contribution < 1.29 is 10.2 Å². The number of aromatic hydroxyl groups is 2. The van der Waals surface area contributed by atoms with Crippen molar-refractivity contribution in [3.8, 4) is 22.1 Å². The van der Waals surface area contributed by atoms with Gasteiger partial charge in [0, 0.05) is 18.3 Å². The number of nitrogens with zero attached hydrogens (tertiary/aromatic N) is 1. The van der Waals surface area contributed by atoms with Gasteiger partial charge in [-0.25, -0.2) is 4.98 Å². The lowest BCUT2D eigenvalue weighted by Gasteiger charge is -2.01. The van der Waals surface area contributed by atoms with E-state index >= 15 is 0 Å². The van der Waals surface area contributed by atoms with Gasteiger partial charge in [0.1, 0.15) is 18.4 Å². The molecule has 4 nitrogen and oxygen atoms in total. The van der Waals surface area contributed by atoms with E-state index in [1.54, 1.807) is 7.85 Å². The molecular weight excluding hydrogens is 271 g/mol. The first kappa shape index (κ1) is 12.8. The Balaban J connectivity index is 2.15. The Morgan fingerprint density at radius 1 is 1.15 bits per heavy atom. The topological polar surface area (TPSA) is 65.4 Å². The van der Waals surface area contributed by atoms with Gasteiger partial charge in [0.05, 0.1) is 4.70 Å². The molecule has 6 heteroatoms. The van der Waals surface area contributed by atoms with Crippen molar-refractivity contribution in [2.24, 2.45) is 0 Å². The summed E-state index contributed by atoms with van der Waals surface area (Å²) in [6.07, 6.45) is 0. The Hall–Kier alpha value is -2.21. The second kappa shape index (κ2) is 4.72. The third kappa shape index (κ3) is 1.98. The molecule has 0 aliphatic carbocycles. The number of thiazole rings is 1. The van der Waals surface area contributed by atoms with Crippen LogP contribution in [0.5, 0.6) is 11.5 Å². The highest BCUT2D eigenvalue weighted by Crippen LogP contribution is 2.37. The smallest absolute Gasteiger partial charge is 0.184 e. The summed E-state index contributed by atoms with van der Waals surface area (Å²) < 4.78 is 0.866. The van der Waals surface area contributed by atoms with Crippen LogP contribution in [0, 0.1) is 0 Å².